The molecule has 26 heavy (non-hydrogen) atoms. The summed E-state index contributed by atoms with van der Waals surface area (Å²) in [7, 11) is 0. The van der Waals surface area contributed by atoms with E-state index in [1.54, 1.807) is 4.68 Å². The summed E-state index contributed by atoms with van der Waals surface area (Å²) in [6.45, 7) is 5.77. The lowest BCUT2D eigenvalue weighted by molar-refractivity contribution is -0.120. The highest BCUT2D eigenvalue weighted by Crippen LogP contribution is 2.22. The fourth-order valence-electron chi connectivity index (χ4n) is 2.38. The molecule has 0 fully saturated rings. The Morgan fingerprint density at radius 1 is 1.31 bits per heavy atom. The maximum atomic E-state index is 11.9. The van der Waals surface area contributed by atoms with Crippen LogP contribution in [0.4, 0.5) is 0 Å². The van der Waals surface area contributed by atoms with Crippen molar-refractivity contribution in [2.24, 2.45) is 5.10 Å². The Kier molecular flexibility index (Phi) is 5.49. The van der Waals surface area contributed by atoms with Gasteiger partial charge >= 0.3 is 0 Å². The lowest BCUT2D eigenvalue weighted by Crippen LogP contribution is -2.20. The average molecular weight is 388 g/mol. The summed E-state index contributed by atoms with van der Waals surface area (Å²) in [5.74, 6) is -0.230. The molecule has 0 radical (unpaired) electrons. The molecule has 3 rings (SSSR count). The van der Waals surface area contributed by atoms with Gasteiger partial charge in [-0.3, -0.25) is 4.79 Å². The number of nitrogens with zero attached hydrogens (tertiary/aromatic N) is 4. The highest BCUT2D eigenvalue weighted by atomic mass is 35.5. The molecule has 1 aromatic carbocycles. The predicted molar refractivity (Wildman–Crippen MR) is 104 cm³/mol. The molecule has 3 aromatic rings. The lowest BCUT2D eigenvalue weighted by atomic mass is 10.2. The van der Waals surface area contributed by atoms with Crippen molar-refractivity contribution in [3.05, 3.63) is 62.3 Å². The summed E-state index contributed by atoms with van der Waals surface area (Å²) in [4.78, 5) is 16.2. The normalized spacial score (nSPS) is 11.2. The average Bonchev–Trinajstić information content (AvgIpc) is 3.13. The van der Waals surface area contributed by atoms with Crippen LogP contribution < -0.4 is 5.43 Å². The van der Waals surface area contributed by atoms with Crippen LogP contribution in [0.3, 0.4) is 0 Å². The number of carbonyl (C=O) groups is 1. The molecule has 134 valence electrons. The Hall–Kier alpha value is -2.51. The van der Waals surface area contributed by atoms with E-state index >= 15 is 0 Å². The van der Waals surface area contributed by atoms with Gasteiger partial charge in [0.05, 0.1) is 40.3 Å². The van der Waals surface area contributed by atoms with Gasteiger partial charge in [-0.1, -0.05) is 29.3 Å². The number of aromatic nitrogens is 3. The smallest absolute Gasteiger partial charge is 0.246 e. The Balaban J connectivity index is 1.70. The minimum absolute atomic E-state index is 0.191. The van der Waals surface area contributed by atoms with Crippen molar-refractivity contribution >= 4 is 35.1 Å². The molecule has 8 heteroatoms. The Labute approximate surface area is 160 Å². The minimum Gasteiger partial charge on any atom is -0.273 e. The second-order valence-electron chi connectivity index (χ2n) is 5.87. The van der Waals surface area contributed by atoms with E-state index in [0.29, 0.717) is 10.7 Å². The third-order valence-corrected chi connectivity index (χ3v) is 4.90. The molecule has 0 atom stereocenters. The van der Waals surface area contributed by atoms with Crippen LogP contribution in [0.15, 0.2) is 34.7 Å². The van der Waals surface area contributed by atoms with Gasteiger partial charge in [0.25, 0.3) is 0 Å². The molecule has 2 heterocycles. The van der Waals surface area contributed by atoms with Crippen LogP contribution in [0, 0.1) is 20.8 Å². The highest BCUT2D eigenvalue weighted by molar-refractivity contribution is 7.09. The van der Waals surface area contributed by atoms with Gasteiger partial charge in [0.15, 0.2) is 0 Å². The number of nitrogens with one attached hydrogen (secondary N) is 1. The summed E-state index contributed by atoms with van der Waals surface area (Å²) in [5.41, 5.74) is 6.65. The first-order chi connectivity index (χ1) is 12.4. The Bertz CT molecular complexity index is 959. The SMILES string of the molecule is Cc1ccc(-n2nc(C)c(C=NNC(=O)Cc3csc(C)n3)c2Cl)cc1. The number of carbonyl (C=O) groups excluding carboxylic acids is 1. The molecule has 0 aliphatic carbocycles. The number of thiazole rings is 1. The van der Waals surface area contributed by atoms with E-state index in [9.17, 15) is 4.79 Å². The molecular formula is C18H18ClN5OS. The summed E-state index contributed by atoms with van der Waals surface area (Å²) in [6, 6.07) is 7.89. The molecule has 0 aliphatic rings. The van der Waals surface area contributed by atoms with E-state index in [4.69, 9.17) is 11.6 Å². The van der Waals surface area contributed by atoms with Crippen molar-refractivity contribution < 1.29 is 4.79 Å². The molecular weight excluding hydrogens is 370 g/mol. The van der Waals surface area contributed by atoms with Crippen molar-refractivity contribution in [1.29, 1.82) is 0 Å². The van der Waals surface area contributed by atoms with Crippen molar-refractivity contribution in [2.45, 2.75) is 27.2 Å². The third-order valence-electron chi connectivity index (χ3n) is 3.72. The molecule has 6 nitrogen and oxygen atoms in total. The van der Waals surface area contributed by atoms with Crippen LogP contribution in [0.25, 0.3) is 5.69 Å². The monoisotopic (exact) mass is 387 g/mol. The van der Waals surface area contributed by atoms with Gasteiger partial charge in [0.1, 0.15) is 5.15 Å². The molecule has 0 spiro atoms. The number of amides is 1. The van der Waals surface area contributed by atoms with Crippen molar-refractivity contribution in [2.75, 3.05) is 0 Å². The first kappa shape index (κ1) is 18.3. The quantitative estimate of drug-likeness (QED) is 0.537. The lowest BCUT2D eigenvalue weighted by Gasteiger charge is -2.03. The number of benzene rings is 1. The van der Waals surface area contributed by atoms with Gasteiger partial charge in [-0.05, 0) is 32.9 Å². The van der Waals surface area contributed by atoms with Gasteiger partial charge in [-0.2, -0.15) is 10.2 Å². The zero-order chi connectivity index (χ0) is 18.7. The van der Waals surface area contributed by atoms with Gasteiger partial charge in [0.2, 0.25) is 5.91 Å². The largest absolute Gasteiger partial charge is 0.273 e. The zero-order valence-electron chi connectivity index (χ0n) is 14.7. The topological polar surface area (TPSA) is 72.2 Å². The van der Waals surface area contributed by atoms with Crippen LogP contribution in [0.2, 0.25) is 5.15 Å². The van der Waals surface area contributed by atoms with Gasteiger partial charge < -0.3 is 0 Å². The van der Waals surface area contributed by atoms with Crippen LogP contribution in [-0.4, -0.2) is 26.9 Å². The van der Waals surface area contributed by atoms with Crippen LogP contribution >= 0.6 is 22.9 Å². The fourth-order valence-corrected chi connectivity index (χ4v) is 3.31. The second kappa shape index (κ2) is 7.80. The Morgan fingerprint density at radius 2 is 2.04 bits per heavy atom. The Morgan fingerprint density at radius 3 is 2.69 bits per heavy atom. The number of hydrogen-bond donors (Lipinski definition) is 1. The number of hydrazone groups is 1. The van der Waals surface area contributed by atoms with Crippen LogP contribution in [0.5, 0.6) is 0 Å². The predicted octanol–water partition coefficient (Wildman–Crippen LogP) is 3.60. The summed E-state index contributed by atoms with van der Waals surface area (Å²) in [5, 5.41) is 11.7. The number of hydrogen-bond acceptors (Lipinski definition) is 5. The van der Waals surface area contributed by atoms with Gasteiger partial charge in [-0.25, -0.2) is 15.1 Å². The van der Waals surface area contributed by atoms with Crippen molar-refractivity contribution in [3.8, 4) is 5.69 Å². The second-order valence-corrected chi connectivity index (χ2v) is 7.29. The molecule has 0 unspecified atom stereocenters. The summed E-state index contributed by atoms with van der Waals surface area (Å²) in [6.07, 6.45) is 1.70. The van der Waals surface area contributed by atoms with E-state index in [1.165, 1.54) is 17.6 Å². The minimum atomic E-state index is -0.230. The van der Waals surface area contributed by atoms with Gasteiger partial charge in [-0.15, -0.1) is 11.3 Å². The molecule has 0 saturated carbocycles. The van der Waals surface area contributed by atoms with E-state index in [1.807, 2.05) is 50.4 Å². The number of aryl methyl sites for hydroxylation is 3. The maximum Gasteiger partial charge on any atom is 0.246 e. The molecule has 0 bridgehead atoms. The fraction of sp³-hybridized carbons (Fsp3) is 0.222. The maximum absolute atomic E-state index is 11.9. The zero-order valence-corrected chi connectivity index (χ0v) is 16.2. The highest BCUT2D eigenvalue weighted by Gasteiger charge is 2.13. The first-order valence-corrected chi connectivity index (χ1v) is 9.25. The third kappa shape index (κ3) is 4.17. The van der Waals surface area contributed by atoms with Crippen LogP contribution in [0.1, 0.15) is 27.5 Å². The van der Waals surface area contributed by atoms with E-state index in [0.717, 1.165) is 27.6 Å². The van der Waals surface area contributed by atoms with Crippen molar-refractivity contribution in [3.63, 3.8) is 0 Å². The number of halogens is 1. The van der Waals surface area contributed by atoms with E-state index < -0.39 is 0 Å². The van der Waals surface area contributed by atoms with Crippen LogP contribution in [-0.2, 0) is 11.2 Å². The molecule has 2 aromatic heterocycles. The van der Waals surface area contributed by atoms with Gasteiger partial charge in [0, 0.05) is 5.38 Å². The molecule has 1 amide bonds. The van der Waals surface area contributed by atoms with E-state index in [2.05, 4.69) is 20.6 Å². The first-order valence-electron chi connectivity index (χ1n) is 7.99. The molecule has 0 saturated heterocycles. The summed E-state index contributed by atoms with van der Waals surface area (Å²) < 4.78 is 1.65. The standard InChI is InChI=1S/C18H18ClN5OS/c1-11-4-6-15(7-5-11)24-18(19)16(12(2)23-24)9-20-22-17(25)8-14-10-26-13(3)21-14/h4-7,9-10H,8H2,1-3H3,(H,22,25). The molecule has 0 aliphatic heterocycles. The summed E-state index contributed by atoms with van der Waals surface area (Å²) >= 11 is 7.95. The number of rotatable bonds is 5. The van der Waals surface area contributed by atoms with E-state index in [-0.39, 0.29) is 12.3 Å². The van der Waals surface area contributed by atoms with Crippen molar-refractivity contribution in [1.82, 2.24) is 20.2 Å². The molecule has 1 N–H and O–H groups in total.